The summed E-state index contributed by atoms with van der Waals surface area (Å²) in [6.45, 7) is 7.84. The van der Waals surface area contributed by atoms with Gasteiger partial charge in [0.15, 0.2) is 0 Å². The van der Waals surface area contributed by atoms with Gasteiger partial charge in [-0.2, -0.15) is 0 Å². The Labute approximate surface area is 51.9 Å². The Morgan fingerprint density at radius 3 is 1.88 bits per heavy atom. The van der Waals surface area contributed by atoms with E-state index in [1.807, 2.05) is 0 Å². The Kier molecular flexibility index (Phi) is 5.01. The summed E-state index contributed by atoms with van der Waals surface area (Å²) in [6.07, 6.45) is 0. The number of rotatable bonds is 4. The van der Waals surface area contributed by atoms with Crippen LogP contribution in [0.4, 0.5) is 0 Å². The molecule has 0 rings (SSSR count). The molecule has 0 spiro atoms. The van der Waals surface area contributed by atoms with Gasteiger partial charge in [0.1, 0.15) is 6.67 Å². The van der Waals surface area contributed by atoms with Crippen molar-refractivity contribution in [3.8, 4) is 0 Å². The Bertz CT molecular complexity index is 41.8. The van der Waals surface area contributed by atoms with Crippen LogP contribution >= 0.6 is 0 Å². The van der Waals surface area contributed by atoms with E-state index < -0.39 is 0 Å². The molecule has 0 aromatic heterocycles. The molecule has 8 heavy (non-hydrogen) atoms. The molecule has 0 saturated carbocycles. The molecule has 0 radical (unpaired) electrons. The van der Waals surface area contributed by atoms with Gasteiger partial charge in [-0.1, -0.05) is 13.8 Å². The first-order chi connectivity index (χ1) is 3.85. The van der Waals surface area contributed by atoms with Crippen LogP contribution in [0.15, 0.2) is 0 Å². The van der Waals surface area contributed by atoms with Crippen LogP contribution in [-0.2, 0) is 0 Å². The first-order valence-electron chi connectivity index (χ1n) is 3.35. The maximum Gasteiger partial charge on any atom is 0.131 e. The summed E-state index contributed by atoms with van der Waals surface area (Å²) >= 11 is 0. The van der Waals surface area contributed by atoms with Gasteiger partial charge in [-0.05, 0) is 0 Å². The van der Waals surface area contributed by atoms with E-state index in [4.69, 9.17) is 0 Å². The second-order valence-corrected chi connectivity index (χ2v) is 1.89. The van der Waals surface area contributed by atoms with Crippen LogP contribution in [-0.4, -0.2) is 31.7 Å². The predicted octanol–water partition coefficient (Wildman–Crippen LogP) is -0.521. The van der Waals surface area contributed by atoms with Crippen molar-refractivity contribution < 1.29 is 5.32 Å². The third kappa shape index (κ3) is 2.99. The van der Waals surface area contributed by atoms with Crippen LogP contribution in [0, 0.1) is 0 Å². The molecule has 0 unspecified atom stereocenters. The number of hydrogen-bond acceptors (Lipinski definition) is 1. The van der Waals surface area contributed by atoms with E-state index in [0.717, 1.165) is 6.67 Å². The van der Waals surface area contributed by atoms with Crippen LogP contribution in [0.1, 0.15) is 13.8 Å². The van der Waals surface area contributed by atoms with Crippen molar-refractivity contribution in [1.29, 1.82) is 0 Å². The van der Waals surface area contributed by atoms with Gasteiger partial charge in [0, 0.05) is 13.1 Å². The van der Waals surface area contributed by atoms with Crippen molar-refractivity contribution >= 4 is 0 Å². The van der Waals surface area contributed by atoms with Gasteiger partial charge in [-0.25, -0.2) is 0 Å². The average Bonchev–Trinajstić information content (AvgIpc) is 1.83. The van der Waals surface area contributed by atoms with Gasteiger partial charge in [-0.15, -0.1) is 0 Å². The lowest BCUT2D eigenvalue weighted by Crippen LogP contribution is -2.83. The van der Waals surface area contributed by atoms with E-state index in [1.165, 1.54) is 13.1 Å². The highest BCUT2D eigenvalue weighted by Gasteiger charge is 1.94. The molecule has 0 aliphatic heterocycles. The Morgan fingerprint density at radius 1 is 1.25 bits per heavy atom. The fourth-order valence-corrected chi connectivity index (χ4v) is 0.740. The van der Waals surface area contributed by atoms with Crippen molar-refractivity contribution in [3.63, 3.8) is 0 Å². The monoisotopic (exact) mass is 117 g/mol. The molecule has 0 aromatic carbocycles. The quantitative estimate of drug-likeness (QED) is 0.491. The highest BCUT2D eigenvalue weighted by molar-refractivity contribution is 4.39. The van der Waals surface area contributed by atoms with Crippen LogP contribution in [0.2, 0.25) is 0 Å². The SMILES string of the molecule is CCN(CC)C[NH2+]C. The minimum absolute atomic E-state index is 1.13. The lowest BCUT2D eigenvalue weighted by atomic mass is 10.5. The van der Waals surface area contributed by atoms with Crippen molar-refractivity contribution in [2.45, 2.75) is 13.8 Å². The molecule has 0 aliphatic rings. The fraction of sp³-hybridized carbons (Fsp3) is 1.00. The molecule has 2 nitrogen and oxygen atoms in total. The second kappa shape index (κ2) is 5.06. The molecular formula is C6H17N2+. The average molecular weight is 117 g/mol. The summed E-state index contributed by atoms with van der Waals surface area (Å²) in [5.74, 6) is 0. The van der Waals surface area contributed by atoms with E-state index >= 15 is 0 Å². The highest BCUT2D eigenvalue weighted by Crippen LogP contribution is 1.77. The normalized spacial score (nSPS) is 10.5. The van der Waals surface area contributed by atoms with Crippen molar-refractivity contribution in [1.82, 2.24) is 4.90 Å². The van der Waals surface area contributed by atoms with E-state index in [2.05, 4.69) is 31.1 Å². The molecule has 2 N–H and O–H groups in total. The van der Waals surface area contributed by atoms with Crippen LogP contribution in [0.3, 0.4) is 0 Å². The second-order valence-electron chi connectivity index (χ2n) is 1.89. The number of nitrogens with zero attached hydrogens (tertiary/aromatic N) is 1. The van der Waals surface area contributed by atoms with E-state index in [9.17, 15) is 0 Å². The molecule has 0 fully saturated rings. The first-order valence-corrected chi connectivity index (χ1v) is 3.35. The van der Waals surface area contributed by atoms with Gasteiger partial charge >= 0.3 is 0 Å². The number of quaternary nitrogens is 1. The molecule has 0 aromatic rings. The van der Waals surface area contributed by atoms with Crippen LogP contribution < -0.4 is 5.32 Å². The van der Waals surface area contributed by atoms with Crippen molar-refractivity contribution in [2.24, 2.45) is 0 Å². The number of nitrogens with two attached hydrogens (primary N) is 1. The van der Waals surface area contributed by atoms with Crippen LogP contribution in [0.25, 0.3) is 0 Å². The zero-order chi connectivity index (χ0) is 6.41. The molecule has 0 atom stereocenters. The molecule has 2 heteroatoms. The van der Waals surface area contributed by atoms with Crippen molar-refractivity contribution in [3.05, 3.63) is 0 Å². The zero-order valence-corrected chi connectivity index (χ0v) is 6.15. The van der Waals surface area contributed by atoms with Gasteiger partial charge in [0.05, 0.1) is 7.05 Å². The van der Waals surface area contributed by atoms with Crippen molar-refractivity contribution in [2.75, 3.05) is 26.8 Å². The molecule has 0 saturated heterocycles. The molecule has 50 valence electrons. The molecular weight excluding hydrogens is 100 g/mol. The fourth-order valence-electron chi connectivity index (χ4n) is 0.740. The summed E-state index contributed by atoms with van der Waals surface area (Å²) in [6, 6.07) is 0. The predicted molar refractivity (Wildman–Crippen MR) is 35.6 cm³/mol. The smallest absolute Gasteiger partial charge is 0.131 e. The Hall–Kier alpha value is -0.0800. The van der Waals surface area contributed by atoms with E-state index in [-0.39, 0.29) is 0 Å². The minimum Gasteiger partial charge on any atom is -0.336 e. The third-order valence-electron chi connectivity index (χ3n) is 1.34. The molecule has 0 heterocycles. The minimum atomic E-state index is 1.13. The third-order valence-corrected chi connectivity index (χ3v) is 1.34. The summed E-state index contributed by atoms with van der Waals surface area (Å²) in [5, 5.41) is 2.19. The summed E-state index contributed by atoms with van der Waals surface area (Å²) in [5.41, 5.74) is 0. The largest absolute Gasteiger partial charge is 0.336 e. The Morgan fingerprint density at radius 2 is 1.75 bits per heavy atom. The number of hydrogen-bond donors (Lipinski definition) is 1. The maximum absolute atomic E-state index is 2.38. The summed E-state index contributed by atoms with van der Waals surface area (Å²) < 4.78 is 0. The van der Waals surface area contributed by atoms with Crippen LogP contribution in [0.5, 0.6) is 0 Å². The van der Waals surface area contributed by atoms with Gasteiger partial charge < -0.3 is 5.32 Å². The van der Waals surface area contributed by atoms with E-state index in [1.54, 1.807) is 0 Å². The van der Waals surface area contributed by atoms with E-state index in [0.29, 0.717) is 0 Å². The standard InChI is InChI=1S/C6H16N2/c1-4-8(5-2)6-7-3/h7H,4-6H2,1-3H3/p+1. The molecule has 0 bridgehead atoms. The topological polar surface area (TPSA) is 19.9 Å². The molecule has 0 amide bonds. The van der Waals surface area contributed by atoms with Gasteiger partial charge in [0.25, 0.3) is 0 Å². The first kappa shape index (κ1) is 7.92. The van der Waals surface area contributed by atoms with Gasteiger partial charge in [0.2, 0.25) is 0 Å². The van der Waals surface area contributed by atoms with Gasteiger partial charge in [-0.3, -0.25) is 4.90 Å². The summed E-state index contributed by atoms with van der Waals surface area (Å²) in [4.78, 5) is 2.38. The zero-order valence-electron chi connectivity index (χ0n) is 6.15. The summed E-state index contributed by atoms with van der Waals surface area (Å²) in [7, 11) is 2.10. The lowest BCUT2D eigenvalue weighted by molar-refractivity contribution is -0.644. The Balaban J connectivity index is 3.07. The molecule has 0 aliphatic carbocycles. The highest BCUT2D eigenvalue weighted by atomic mass is 15.2. The lowest BCUT2D eigenvalue weighted by Gasteiger charge is -2.13. The maximum atomic E-state index is 2.38.